The van der Waals surface area contributed by atoms with E-state index in [2.05, 4.69) is 16.1 Å². The molecule has 20 heteroatoms. The lowest BCUT2D eigenvalue weighted by molar-refractivity contribution is -0.354. The van der Waals surface area contributed by atoms with Crippen molar-refractivity contribution >= 4 is 22.0 Å². The van der Waals surface area contributed by atoms with Crippen LogP contribution < -0.4 is 5.32 Å². The molecule has 182 valence electrons. The third kappa shape index (κ3) is 6.89. The number of halogens is 11. The third-order valence-corrected chi connectivity index (χ3v) is 3.71. The third-order valence-electron chi connectivity index (χ3n) is 2.83. The van der Waals surface area contributed by atoms with Crippen molar-refractivity contribution in [2.75, 3.05) is 6.61 Å². The Bertz CT molecular complexity index is 788. The average molecular weight is 507 g/mol. The highest BCUT2D eigenvalue weighted by molar-refractivity contribution is 7.86. The van der Waals surface area contributed by atoms with Crippen molar-refractivity contribution in [3.05, 3.63) is 12.7 Å². The second kappa shape index (κ2) is 8.73. The molecule has 0 saturated heterocycles. The summed E-state index contributed by atoms with van der Waals surface area (Å²) in [6, 6.07) is -5.04. The summed E-state index contributed by atoms with van der Waals surface area (Å²) in [5.41, 5.74) is 0. The lowest BCUT2D eigenvalue weighted by Crippen LogP contribution is -2.66. The number of amides is 1. The lowest BCUT2D eigenvalue weighted by Gasteiger charge is -2.35. The van der Waals surface area contributed by atoms with Crippen molar-refractivity contribution in [2.45, 2.75) is 35.6 Å². The molecule has 0 fully saturated rings. The van der Waals surface area contributed by atoms with Gasteiger partial charge >= 0.3 is 51.6 Å². The molecule has 0 radical (unpaired) electrons. The van der Waals surface area contributed by atoms with Gasteiger partial charge in [0.05, 0.1) is 0 Å². The smallest absolute Gasteiger partial charge is 0.412 e. The quantitative estimate of drug-likeness (QED) is 0.170. The number of alkyl halides is 11. The molecule has 0 aliphatic carbocycles. The molecule has 0 aliphatic rings. The van der Waals surface area contributed by atoms with E-state index in [-0.39, 0.29) is 11.4 Å². The molecule has 31 heavy (non-hydrogen) atoms. The number of carbonyl (C=O) groups is 2. The van der Waals surface area contributed by atoms with Crippen LogP contribution in [-0.4, -0.2) is 67.1 Å². The molecule has 0 heterocycles. The number of hydrogen-bond acceptors (Lipinski definition) is 6. The molecular formula is C11H8F11NO7S. The maximum absolute atomic E-state index is 13.3. The monoisotopic (exact) mass is 507 g/mol. The van der Waals surface area contributed by atoms with Crippen molar-refractivity contribution < 1.29 is 80.3 Å². The summed E-state index contributed by atoms with van der Waals surface area (Å²) >= 11 is 0. The average Bonchev–Trinajstić information content (AvgIpc) is 2.51. The van der Waals surface area contributed by atoms with Crippen LogP contribution in [0.5, 0.6) is 0 Å². The van der Waals surface area contributed by atoms with E-state index in [9.17, 15) is 66.3 Å². The normalized spacial score (nSPS) is 15.9. The van der Waals surface area contributed by atoms with Gasteiger partial charge in [-0.15, -0.1) is 0 Å². The first-order chi connectivity index (χ1) is 13.4. The second-order valence-electron chi connectivity index (χ2n) is 5.13. The number of nitrogens with one attached hydrogen (secondary N) is 1. The van der Waals surface area contributed by atoms with Gasteiger partial charge in [-0.05, 0) is 0 Å². The molecule has 0 aromatic heterocycles. The Morgan fingerprint density at radius 3 is 1.68 bits per heavy atom. The van der Waals surface area contributed by atoms with Gasteiger partial charge in [-0.25, -0.2) is 4.79 Å². The minimum absolute atomic E-state index is 0.233. The summed E-state index contributed by atoms with van der Waals surface area (Å²) in [6.45, 7) is -0.716. The zero-order chi connectivity index (χ0) is 25.3. The molecule has 0 aromatic carbocycles. The van der Waals surface area contributed by atoms with E-state index in [0.29, 0.717) is 0 Å². The van der Waals surface area contributed by atoms with E-state index in [4.69, 9.17) is 4.55 Å². The Balaban J connectivity index is 6.54. The minimum atomic E-state index is -6.67. The Hall–Kier alpha value is -2.22. The molecule has 1 unspecified atom stereocenters. The SMILES string of the molecule is C=CC(=O)OC(OCC(F)(F)S(=O)(=O)O)(C(=O)NC(C(F)(F)F)C(F)(F)F)C(F)(F)F. The fourth-order valence-electron chi connectivity index (χ4n) is 1.43. The number of esters is 1. The van der Waals surface area contributed by atoms with E-state index in [1.807, 2.05) is 0 Å². The number of ether oxygens (including phenoxy) is 2. The zero-order valence-electron chi connectivity index (χ0n) is 14.0. The van der Waals surface area contributed by atoms with Crippen LogP contribution in [0, 0.1) is 0 Å². The maximum atomic E-state index is 13.3. The molecular weight excluding hydrogens is 499 g/mol. The topological polar surface area (TPSA) is 119 Å². The van der Waals surface area contributed by atoms with Crippen LogP contribution in [-0.2, 0) is 29.2 Å². The van der Waals surface area contributed by atoms with Crippen molar-refractivity contribution in [2.24, 2.45) is 0 Å². The van der Waals surface area contributed by atoms with Gasteiger partial charge in [0.1, 0.15) is 6.61 Å². The fourth-order valence-corrected chi connectivity index (χ4v) is 1.64. The van der Waals surface area contributed by atoms with Crippen molar-refractivity contribution in [1.82, 2.24) is 5.32 Å². The minimum Gasteiger partial charge on any atom is -0.412 e. The van der Waals surface area contributed by atoms with Gasteiger partial charge in [0.25, 0.3) is 0 Å². The predicted molar refractivity (Wildman–Crippen MR) is 71.6 cm³/mol. The molecule has 8 nitrogen and oxygen atoms in total. The number of hydrogen-bond donors (Lipinski definition) is 2. The molecule has 0 aliphatic heterocycles. The van der Waals surface area contributed by atoms with Gasteiger partial charge in [-0.3, -0.25) is 9.35 Å². The van der Waals surface area contributed by atoms with Gasteiger partial charge in [0.2, 0.25) is 6.04 Å². The maximum Gasteiger partial charge on any atom is 0.466 e. The molecule has 0 bridgehead atoms. The largest absolute Gasteiger partial charge is 0.466 e. The number of rotatable bonds is 8. The molecule has 0 saturated carbocycles. The molecule has 1 amide bonds. The van der Waals surface area contributed by atoms with E-state index >= 15 is 0 Å². The van der Waals surface area contributed by atoms with E-state index in [0.717, 1.165) is 0 Å². The lowest BCUT2D eigenvalue weighted by atomic mass is 10.2. The van der Waals surface area contributed by atoms with Gasteiger partial charge in [0, 0.05) is 6.08 Å². The van der Waals surface area contributed by atoms with Crippen LogP contribution in [0.25, 0.3) is 0 Å². The Morgan fingerprint density at radius 2 is 1.39 bits per heavy atom. The van der Waals surface area contributed by atoms with Crippen LogP contribution in [0.2, 0.25) is 0 Å². The van der Waals surface area contributed by atoms with Gasteiger partial charge < -0.3 is 14.8 Å². The van der Waals surface area contributed by atoms with E-state index in [1.165, 1.54) is 0 Å². The Labute approximate surface area is 163 Å². The highest BCUT2D eigenvalue weighted by atomic mass is 32.2. The first-order valence-electron chi connectivity index (χ1n) is 6.77. The molecule has 0 rings (SSSR count). The van der Waals surface area contributed by atoms with Crippen molar-refractivity contribution in [3.63, 3.8) is 0 Å². The highest BCUT2D eigenvalue weighted by Gasteiger charge is 2.70. The zero-order valence-corrected chi connectivity index (χ0v) is 14.8. The molecule has 0 aromatic rings. The van der Waals surface area contributed by atoms with E-state index < -0.39 is 64.2 Å². The summed E-state index contributed by atoms with van der Waals surface area (Å²) in [5, 5.41) is -5.95. The van der Waals surface area contributed by atoms with Crippen LogP contribution >= 0.6 is 0 Å². The summed E-state index contributed by atoms with van der Waals surface area (Å²) in [4.78, 5) is 22.8. The van der Waals surface area contributed by atoms with Crippen molar-refractivity contribution in [3.8, 4) is 0 Å². The second-order valence-corrected chi connectivity index (χ2v) is 6.68. The summed E-state index contributed by atoms with van der Waals surface area (Å²) in [6.07, 6.45) is -19.9. The first kappa shape index (κ1) is 28.8. The van der Waals surface area contributed by atoms with Gasteiger partial charge in [-0.2, -0.15) is 56.7 Å². The summed E-state index contributed by atoms with van der Waals surface area (Å²) in [7, 11) is -6.58. The Morgan fingerprint density at radius 1 is 0.968 bits per heavy atom. The predicted octanol–water partition coefficient (Wildman–Crippen LogP) is 2.08. The number of carbonyl (C=O) groups excluding carboxylic acids is 2. The molecule has 2 N–H and O–H groups in total. The van der Waals surface area contributed by atoms with Crippen LogP contribution in [0.4, 0.5) is 48.3 Å². The van der Waals surface area contributed by atoms with Crippen LogP contribution in [0.1, 0.15) is 0 Å². The van der Waals surface area contributed by atoms with E-state index in [1.54, 1.807) is 0 Å². The van der Waals surface area contributed by atoms with Crippen LogP contribution in [0.3, 0.4) is 0 Å². The molecule has 1 atom stereocenters. The first-order valence-corrected chi connectivity index (χ1v) is 8.21. The Kier molecular flexibility index (Phi) is 8.10. The van der Waals surface area contributed by atoms with Gasteiger partial charge in [-0.1, -0.05) is 6.58 Å². The summed E-state index contributed by atoms with van der Waals surface area (Å²) in [5.74, 6) is -11.7. The van der Waals surface area contributed by atoms with Crippen LogP contribution in [0.15, 0.2) is 12.7 Å². The highest BCUT2D eigenvalue weighted by Crippen LogP contribution is 2.39. The molecule has 0 spiro atoms. The fraction of sp³-hybridized carbons (Fsp3) is 0.636. The van der Waals surface area contributed by atoms with Crippen molar-refractivity contribution in [1.29, 1.82) is 0 Å². The van der Waals surface area contributed by atoms with Gasteiger partial charge in [0.15, 0.2) is 0 Å². The standard InChI is InChI=1S/C11H8F11NO7S/c1-2-4(24)30-8(11(20,21)22,29-3-7(12,13)31(26,27)28)6(25)23-5(9(14,15)16)10(17,18)19/h2,5H,1,3H2,(H,23,25)(H,26,27,28). The summed E-state index contributed by atoms with van der Waals surface area (Å²) < 4.78 is 177.